The van der Waals surface area contributed by atoms with Crippen LogP contribution in [0.15, 0.2) is 35.7 Å². The molecule has 11 heteroatoms. The third-order valence-corrected chi connectivity index (χ3v) is 4.70. The third-order valence-electron chi connectivity index (χ3n) is 2.63. The minimum Gasteiger partial charge on any atom is -0.336 e. The number of nitrogens with one attached hydrogen (secondary N) is 1. The molecule has 3 N–H and O–H groups in total. The van der Waals surface area contributed by atoms with E-state index in [2.05, 4.69) is 25.7 Å². The van der Waals surface area contributed by atoms with Crippen molar-refractivity contribution >= 4 is 34.7 Å². The number of carbonyl (C=O) groups is 1. The van der Waals surface area contributed by atoms with Crippen molar-refractivity contribution in [3.8, 4) is 0 Å². The molecule has 0 radical (unpaired) electrons. The Morgan fingerprint density at radius 1 is 1.30 bits per heavy atom. The fourth-order valence-corrected chi connectivity index (χ4v) is 3.14. The number of amides is 1. The highest BCUT2D eigenvalue weighted by molar-refractivity contribution is 7.98. The molecule has 8 nitrogen and oxygen atoms in total. The monoisotopic (exact) mass is 351 g/mol. The lowest BCUT2D eigenvalue weighted by atomic mass is 10.3. The van der Waals surface area contributed by atoms with E-state index in [9.17, 15) is 9.18 Å². The Morgan fingerprint density at radius 2 is 2.09 bits per heavy atom. The quantitative estimate of drug-likeness (QED) is 0.529. The summed E-state index contributed by atoms with van der Waals surface area (Å²) in [7, 11) is 0. The average molecular weight is 351 g/mol. The first kappa shape index (κ1) is 15.4. The zero-order valence-electron chi connectivity index (χ0n) is 11.5. The maximum atomic E-state index is 12.8. The Morgan fingerprint density at radius 3 is 2.78 bits per heavy atom. The Balaban J connectivity index is 1.60. The van der Waals surface area contributed by atoms with Gasteiger partial charge in [-0.05, 0) is 24.3 Å². The molecule has 0 aliphatic carbocycles. The topological polar surface area (TPSA) is 112 Å². The van der Waals surface area contributed by atoms with Crippen LogP contribution in [0.4, 0.5) is 10.1 Å². The van der Waals surface area contributed by atoms with Crippen LogP contribution in [0, 0.1) is 5.82 Å². The van der Waals surface area contributed by atoms with E-state index >= 15 is 0 Å². The molecule has 0 fully saturated rings. The highest BCUT2D eigenvalue weighted by atomic mass is 32.2. The summed E-state index contributed by atoms with van der Waals surface area (Å²) in [6, 6.07) is 5.47. The van der Waals surface area contributed by atoms with Crippen molar-refractivity contribution < 1.29 is 9.18 Å². The average Bonchev–Trinajstić information content (AvgIpc) is 3.16. The first-order valence-corrected chi connectivity index (χ1v) is 8.09. The van der Waals surface area contributed by atoms with E-state index in [1.165, 1.54) is 47.0 Å². The number of nitrogens with two attached hydrogens (primary N) is 1. The Bertz CT molecular complexity index is 817. The number of nitrogen functional groups attached to an aromatic ring is 1. The summed E-state index contributed by atoms with van der Waals surface area (Å²) in [6.45, 7) is 0. The van der Waals surface area contributed by atoms with Gasteiger partial charge >= 0.3 is 0 Å². The zero-order valence-corrected chi connectivity index (χ0v) is 13.1. The number of hydrogen-bond acceptors (Lipinski definition) is 8. The van der Waals surface area contributed by atoms with Gasteiger partial charge < -0.3 is 11.2 Å². The number of thioether (sulfide) groups is 1. The normalized spacial score (nSPS) is 10.7. The van der Waals surface area contributed by atoms with Gasteiger partial charge in [-0.25, -0.2) is 9.07 Å². The molecule has 3 aromatic rings. The number of carbonyl (C=O) groups excluding carboxylic acids is 1. The minimum atomic E-state index is -0.396. The SMILES string of the molecule is Nn1cnnc1SCc1nnc(C(=O)Nc2ccc(F)cc2)s1. The molecule has 2 aromatic heterocycles. The second-order valence-corrected chi connectivity index (χ2v) is 6.28. The minimum absolute atomic E-state index is 0.221. The fourth-order valence-electron chi connectivity index (χ4n) is 1.58. The lowest BCUT2D eigenvalue weighted by Gasteiger charge is -2.01. The molecule has 3 rings (SSSR count). The summed E-state index contributed by atoms with van der Waals surface area (Å²) < 4.78 is 14.1. The first-order valence-electron chi connectivity index (χ1n) is 6.29. The fraction of sp³-hybridized carbons (Fsp3) is 0.0833. The van der Waals surface area contributed by atoms with Crippen LogP contribution in [0.5, 0.6) is 0 Å². The molecule has 0 aliphatic rings. The van der Waals surface area contributed by atoms with Crippen LogP contribution in [0.3, 0.4) is 0 Å². The second-order valence-electron chi connectivity index (χ2n) is 4.27. The smallest absolute Gasteiger partial charge is 0.286 e. The number of anilines is 1. The van der Waals surface area contributed by atoms with Gasteiger partial charge in [0.2, 0.25) is 10.2 Å². The Hall–Kier alpha value is -2.53. The van der Waals surface area contributed by atoms with E-state index in [0.29, 0.717) is 21.6 Å². The molecule has 0 aliphatic heterocycles. The van der Waals surface area contributed by atoms with Gasteiger partial charge in [0.1, 0.15) is 17.2 Å². The molecule has 0 bridgehead atoms. The molecule has 0 atom stereocenters. The van der Waals surface area contributed by atoms with Gasteiger partial charge in [0.25, 0.3) is 5.91 Å². The highest BCUT2D eigenvalue weighted by Crippen LogP contribution is 2.22. The summed E-state index contributed by atoms with van der Waals surface area (Å²) in [6.07, 6.45) is 1.39. The van der Waals surface area contributed by atoms with E-state index in [-0.39, 0.29) is 10.8 Å². The van der Waals surface area contributed by atoms with Crippen molar-refractivity contribution in [3.05, 3.63) is 46.4 Å². The predicted molar refractivity (Wildman–Crippen MR) is 84.0 cm³/mol. The van der Waals surface area contributed by atoms with Crippen LogP contribution >= 0.6 is 23.1 Å². The number of benzene rings is 1. The van der Waals surface area contributed by atoms with Gasteiger partial charge in [0, 0.05) is 5.69 Å². The maximum Gasteiger partial charge on any atom is 0.286 e. The van der Waals surface area contributed by atoms with Crippen LogP contribution in [0.2, 0.25) is 0 Å². The van der Waals surface area contributed by atoms with Crippen LogP contribution in [-0.2, 0) is 5.75 Å². The van der Waals surface area contributed by atoms with Gasteiger partial charge in [-0.3, -0.25) is 4.79 Å². The highest BCUT2D eigenvalue weighted by Gasteiger charge is 2.14. The lowest BCUT2D eigenvalue weighted by molar-refractivity contribution is 0.102. The number of hydrogen-bond donors (Lipinski definition) is 2. The summed E-state index contributed by atoms with van der Waals surface area (Å²) in [5.74, 6) is 5.31. The summed E-state index contributed by atoms with van der Waals surface area (Å²) >= 11 is 2.50. The number of rotatable bonds is 5. The van der Waals surface area contributed by atoms with Crippen LogP contribution in [-0.4, -0.2) is 31.0 Å². The first-order chi connectivity index (χ1) is 11.1. The van der Waals surface area contributed by atoms with Crippen LogP contribution in [0.1, 0.15) is 14.8 Å². The van der Waals surface area contributed by atoms with Gasteiger partial charge in [-0.2, -0.15) is 0 Å². The summed E-state index contributed by atoms with van der Waals surface area (Å²) in [5.41, 5.74) is 0.485. The van der Waals surface area contributed by atoms with Gasteiger partial charge in [0.15, 0.2) is 0 Å². The van der Waals surface area contributed by atoms with Crippen molar-refractivity contribution in [2.75, 3.05) is 11.2 Å². The molecule has 0 saturated carbocycles. The van der Waals surface area contributed by atoms with Gasteiger partial charge in [-0.1, -0.05) is 23.1 Å². The van der Waals surface area contributed by atoms with E-state index in [1.54, 1.807) is 0 Å². The standard InChI is InChI=1S/C12H10FN7OS2/c13-7-1-3-8(4-2-7)16-10(21)11-18-17-9(23-11)5-22-12-19-15-6-20(12)14/h1-4,6H,5,14H2,(H,16,21). The predicted octanol–water partition coefficient (Wildman–Crippen LogP) is 1.53. The van der Waals surface area contributed by atoms with E-state index in [4.69, 9.17) is 5.84 Å². The van der Waals surface area contributed by atoms with Crippen molar-refractivity contribution in [2.24, 2.45) is 0 Å². The van der Waals surface area contributed by atoms with Gasteiger partial charge in [0.05, 0.1) is 5.75 Å². The summed E-state index contributed by atoms with van der Waals surface area (Å²) in [4.78, 5) is 12.0. The van der Waals surface area contributed by atoms with Crippen molar-refractivity contribution in [3.63, 3.8) is 0 Å². The maximum absolute atomic E-state index is 12.8. The molecule has 1 aromatic carbocycles. The molecule has 118 valence electrons. The number of halogens is 1. The van der Waals surface area contributed by atoms with E-state index < -0.39 is 5.91 Å². The van der Waals surface area contributed by atoms with E-state index in [0.717, 1.165) is 11.3 Å². The second kappa shape index (κ2) is 6.71. The Kier molecular flexibility index (Phi) is 4.48. The van der Waals surface area contributed by atoms with Crippen molar-refractivity contribution in [2.45, 2.75) is 10.9 Å². The molecule has 0 unspecified atom stereocenters. The lowest BCUT2D eigenvalue weighted by Crippen LogP contribution is -2.11. The van der Waals surface area contributed by atoms with Gasteiger partial charge in [-0.15, -0.1) is 20.4 Å². The van der Waals surface area contributed by atoms with Crippen molar-refractivity contribution in [1.82, 2.24) is 25.1 Å². The van der Waals surface area contributed by atoms with Crippen LogP contribution in [0.25, 0.3) is 0 Å². The molecular weight excluding hydrogens is 341 g/mol. The summed E-state index contributed by atoms with van der Waals surface area (Å²) in [5, 5.41) is 19.3. The third kappa shape index (κ3) is 3.81. The molecule has 0 spiro atoms. The zero-order chi connectivity index (χ0) is 16.2. The van der Waals surface area contributed by atoms with Crippen molar-refractivity contribution in [1.29, 1.82) is 0 Å². The molecule has 0 saturated heterocycles. The largest absolute Gasteiger partial charge is 0.336 e. The molecular formula is C12H10FN7OS2. The molecule has 23 heavy (non-hydrogen) atoms. The Labute approximate surface area is 137 Å². The number of nitrogens with zero attached hydrogens (tertiary/aromatic N) is 5. The van der Waals surface area contributed by atoms with Crippen LogP contribution < -0.4 is 11.2 Å². The number of aromatic nitrogens is 5. The van der Waals surface area contributed by atoms with E-state index in [1.807, 2.05) is 0 Å². The molecule has 1 amide bonds. The molecule has 2 heterocycles.